The summed E-state index contributed by atoms with van der Waals surface area (Å²) < 4.78 is 4.66. The minimum atomic E-state index is -0.621. The average Bonchev–Trinajstić information content (AvgIpc) is 2.57. The van der Waals surface area contributed by atoms with Gasteiger partial charge in [0.15, 0.2) is 0 Å². The smallest absolute Gasteiger partial charge is 0.407 e. The second-order valence-corrected chi connectivity index (χ2v) is 5.56. The summed E-state index contributed by atoms with van der Waals surface area (Å²) in [6.45, 7) is 6.02. The predicted molar refractivity (Wildman–Crippen MR) is 90.5 cm³/mol. The van der Waals surface area contributed by atoms with Crippen molar-refractivity contribution in [1.82, 2.24) is 15.5 Å². The first-order chi connectivity index (χ1) is 11.3. The molecule has 0 aliphatic heterocycles. The van der Waals surface area contributed by atoms with Crippen LogP contribution < -0.4 is 10.6 Å². The highest BCUT2D eigenvalue weighted by Crippen LogP contribution is 2.08. The van der Waals surface area contributed by atoms with Crippen LogP contribution in [0.3, 0.4) is 0 Å². The van der Waals surface area contributed by atoms with Crippen LogP contribution in [0.5, 0.6) is 0 Å². The van der Waals surface area contributed by atoms with Crippen LogP contribution in [0.1, 0.15) is 36.7 Å². The molecule has 1 aromatic rings. The van der Waals surface area contributed by atoms with Crippen LogP contribution in [0.25, 0.3) is 0 Å². The van der Waals surface area contributed by atoms with Crippen molar-refractivity contribution in [2.24, 2.45) is 0 Å². The van der Waals surface area contributed by atoms with Gasteiger partial charge in [-0.05, 0) is 38.5 Å². The second kappa shape index (κ2) is 9.54. The Morgan fingerprint density at radius 1 is 1.12 bits per heavy atom. The van der Waals surface area contributed by atoms with Crippen LogP contribution in [0.4, 0.5) is 4.79 Å². The molecule has 3 amide bonds. The number of carbonyl (C=O) groups is 3. The summed E-state index contributed by atoms with van der Waals surface area (Å²) in [4.78, 5) is 36.5. The van der Waals surface area contributed by atoms with E-state index in [2.05, 4.69) is 15.4 Å². The van der Waals surface area contributed by atoms with E-state index in [1.54, 1.807) is 43.1 Å². The molecule has 0 fully saturated rings. The van der Waals surface area contributed by atoms with E-state index >= 15 is 0 Å². The molecule has 0 saturated heterocycles. The maximum Gasteiger partial charge on any atom is 0.407 e. The van der Waals surface area contributed by atoms with Crippen molar-refractivity contribution in [1.29, 1.82) is 0 Å². The summed E-state index contributed by atoms with van der Waals surface area (Å²) in [6.07, 6.45) is -0.621. The average molecular weight is 335 g/mol. The van der Waals surface area contributed by atoms with Gasteiger partial charge in [0.05, 0.1) is 6.61 Å². The Kier molecular flexibility index (Phi) is 7.74. The monoisotopic (exact) mass is 335 g/mol. The van der Waals surface area contributed by atoms with Crippen molar-refractivity contribution in [3.05, 3.63) is 35.4 Å². The minimum Gasteiger partial charge on any atom is -0.450 e. The van der Waals surface area contributed by atoms with Gasteiger partial charge in [0.25, 0.3) is 5.91 Å². The fourth-order valence-corrected chi connectivity index (χ4v) is 1.80. The Morgan fingerprint density at radius 2 is 1.75 bits per heavy atom. The third-order valence-electron chi connectivity index (χ3n) is 3.45. The molecule has 0 unspecified atom stereocenters. The van der Waals surface area contributed by atoms with E-state index in [0.29, 0.717) is 12.1 Å². The van der Waals surface area contributed by atoms with Gasteiger partial charge in [0, 0.05) is 25.2 Å². The molecule has 1 aromatic carbocycles. The first-order valence-electron chi connectivity index (χ1n) is 7.88. The fourth-order valence-electron chi connectivity index (χ4n) is 1.80. The third kappa shape index (κ3) is 6.28. The van der Waals surface area contributed by atoms with E-state index in [0.717, 1.165) is 5.56 Å². The Hall–Kier alpha value is -2.57. The highest BCUT2D eigenvalue weighted by atomic mass is 16.5. The van der Waals surface area contributed by atoms with E-state index in [1.165, 1.54) is 0 Å². The van der Waals surface area contributed by atoms with Gasteiger partial charge in [-0.2, -0.15) is 0 Å². The molecule has 0 aliphatic carbocycles. The zero-order chi connectivity index (χ0) is 18.1. The van der Waals surface area contributed by atoms with Gasteiger partial charge in [0.1, 0.15) is 6.54 Å². The van der Waals surface area contributed by atoms with Crippen molar-refractivity contribution >= 4 is 17.9 Å². The summed E-state index contributed by atoms with van der Waals surface area (Å²) in [5, 5.41) is 5.02. The molecule has 7 nitrogen and oxygen atoms in total. The Balaban J connectivity index is 2.46. The molecule has 0 aliphatic rings. The minimum absolute atomic E-state index is 0.0424. The Bertz CT molecular complexity index is 570. The van der Waals surface area contributed by atoms with Gasteiger partial charge >= 0.3 is 6.09 Å². The lowest BCUT2D eigenvalue weighted by Gasteiger charge is -2.21. The molecule has 0 atom stereocenters. The Labute approximate surface area is 142 Å². The van der Waals surface area contributed by atoms with Gasteiger partial charge in [0.2, 0.25) is 5.91 Å². The Morgan fingerprint density at radius 3 is 2.29 bits per heavy atom. The molecule has 2 N–H and O–H groups in total. The van der Waals surface area contributed by atoms with Crippen LogP contribution in [0.15, 0.2) is 24.3 Å². The van der Waals surface area contributed by atoms with Crippen molar-refractivity contribution in [2.75, 3.05) is 20.2 Å². The molecular formula is C17H25N3O4. The molecule has 24 heavy (non-hydrogen) atoms. The molecular weight excluding hydrogens is 310 g/mol. The molecule has 0 bridgehead atoms. The summed E-state index contributed by atoms with van der Waals surface area (Å²) in [6, 6.07) is 7.18. The van der Waals surface area contributed by atoms with Gasteiger partial charge < -0.3 is 20.3 Å². The zero-order valence-electron chi connectivity index (χ0n) is 14.6. The van der Waals surface area contributed by atoms with Crippen molar-refractivity contribution < 1.29 is 19.1 Å². The lowest BCUT2D eigenvalue weighted by Crippen LogP contribution is -2.36. The molecule has 0 heterocycles. The van der Waals surface area contributed by atoms with Crippen LogP contribution in [-0.4, -0.2) is 49.0 Å². The SMILES string of the molecule is CCOC(=O)NCC(=O)NCc1ccc(C(=O)N(C)C(C)C)cc1. The first kappa shape index (κ1) is 19.5. The second-order valence-electron chi connectivity index (χ2n) is 5.56. The maximum atomic E-state index is 12.2. The quantitative estimate of drug-likeness (QED) is 0.791. The summed E-state index contributed by atoms with van der Waals surface area (Å²) in [5.41, 5.74) is 1.47. The topological polar surface area (TPSA) is 87.7 Å². The van der Waals surface area contributed by atoms with E-state index < -0.39 is 6.09 Å². The highest BCUT2D eigenvalue weighted by molar-refractivity contribution is 5.94. The van der Waals surface area contributed by atoms with Gasteiger partial charge in [-0.25, -0.2) is 4.79 Å². The summed E-state index contributed by atoms with van der Waals surface area (Å²) in [5.74, 6) is -0.359. The van der Waals surface area contributed by atoms with Crippen LogP contribution in [-0.2, 0) is 16.1 Å². The predicted octanol–water partition coefficient (Wildman–Crippen LogP) is 1.53. The van der Waals surface area contributed by atoms with Gasteiger partial charge in [-0.1, -0.05) is 12.1 Å². The van der Waals surface area contributed by atoms with Crippen molar-refractivity contribution in [3.8, 4) is 0 Å². The van der Waals surface area contributed by atoms with E-state index in [9.17, 15) is 14.4 Å². The number of alkyl carbamates (subject to hydrolysis) is 1. The number of rotatable bonds is 7. The largest absolute Gasteiger partial charge is 0.450 e. The zero-order valence-corrected chi connectivity index (χ0v) is 14.6. The maximum absolute atomic E-state index is 12.2. The molecule has 132 valence electrons. The molecule has 0 aromatic heterocycles. The summed E-state index contributed by atoms with van der Waals surface area (Å²) >= 11 is 0. The number of hydrogen-bond acceptors (Lipinski definition) is 4. The number of nitrogens with one attached hydrogen (secondary N) is 2. The number of carbonyl (C=O) groups excluding carboxylic acids is 3. The van der Waals surface area contributed by atoms with Crippen LogP contribution in [0, 0.1) is 0 Å². The van der Waals surface area contributed by atoms with E-state index in [4.69, 9.17) is 0 Å². The van der Waals surface area contributed by atoms with E-state index in [1.807, 2.05) is 13.8 Å². The van der Waals surface area contributed by atoms with Gasteiger partial charge in [-0.3, -0.25) is 9.59 Å². The summed E-state index contributed by atoms with van der Waals surface area (Å²) in [7, 11) is 1.76. The van der Waals surface area contributed by atoms with Crippen LogP contribution in [0.2, 0.25) is 0 Å². The number of benzene rings is 1. The molecule has 0 saturated carbocycles. The molecule has 0 spiro atoms. The number of amides is 3. The highest BCUT2D eigenvalue weighted by Gasteiger charge is 2.14. The standard InChI is InChI=1S/C17H25N3O4/c1-5-24-17(23)19-11-15(21)18-10-13-6-8-14(9-7-13)16(22)20(4)12(2)3/h6-9,12H,5,10-11H2,1-4H3,(H,18,21)(H,19,23). The number of ether oxygens (including phenoxy) is 1. The lowest BCUT2D eigenvalue weighted by atomic mass is 10.1. The first-order valence-corrected chi connectivity index (χ1v) is 7.88. The fraction of sp³-hybridized carbons (Fsp3) is 0.471. The molecule has 0 radical (unpaired) electrons. The van der Waals surface area contributed by atoms with Crippen LogP contribution >= 0.6 is 0 Å². The molecule has 1 rings (SSSR count). The number of nitrogens with zero attached hydrogens (tertiary/aromatic N) is 1. The number of hydrogen-bond donors (Lipinski definition) is 2. The van der Waals surface area contributed by atoms with E-state index in [-0.39, 0.29) is 31.0 Å². The third-order valence-corrected chi connectivity index (χ3v) is 3.45. The van der Waals surface area contributed by atoms with Gasteiger partial charge in [-0.15, -0.1) is 0 Å². The van der Waals surface area contributed by atoms with Crippen molar-refractivity contribution in [3.63, 3.8) is 0 Å². The normalized spacial score (nSPS) is 10.2. The lowest BCUT2D eigenvalue weighted by molar-refractivity contribution is -0.120. The molecule has 7 heteroatoms. The van der Waals surface area contributed by atoms with Crippen molar-refractivity contribution in [2.45, 2.75) is 33.4 Å².